The van der Waals surface area contributed by atoms with E-state index in [4.69, 9.17) is 10.5 Å². The molecule has 0 unspecified atom stereocenters. The molecule has 0 amide bonds. The molecular weight excluding hydrogens is 254 g/mol. The zero-order valence-electron chi connectivity index (χ0n) is 11.7. The van der Waals surface area contributed by atoms with Gasteiger partial charge in [0.1, 0.15) is 17.7 Å². The molecule has 0 aliphatic carbocycles. The lowest BCUT2D eigenvalue weighted by molar-refractivity contribution is 0.872. The molecule has 0 fully saturated rings. The van der Waals surface area contributed by atoms with Crippen LogP contribution in [-0.2, 0) is 12.8 Å². The molecule has 0 aliphatic rings. The normalized spacial score (nSPS) is 9.74. The van der Waals surface area contributed by atoms with Gasteiger partial charge in [-0.2, -0.15) is 10.5 Å². The van der Waals surface area contributed by atoms with Crippen molar-refractivity contribution in [1.29, 1.82) is 10.5 Å². The van der Waals surface area contributed by atoms with Crippen LogP contribution in [0.15, 0.2) is 11.6 Å². The molecule has 1 N–H and O–H groups in total. The summed E-state index contributed by atoms with van der Waals surface area (Å²) < 4.78 is 0. The summed E-state index contributed by atoms with van der Waals surface area (Å²) in [5.74, 6) is 0.839. The van der Waals surface area contributed by atoms with Gasteiger partial charge in [-0.1, -0.05) is 27.2 Å². The lowest BCUT2D eigenvalue weighted by Crippen LogP contribution is -1.90. The van der Waals surface area contributed by atoms with Crippen LogP contribution in [0.4, 0.5) is 0 Å². The highest BCUT2D eigenvalue weighted by Gasteiger charge is 2.14. The molecule has 0 saturated heterocycles. The van der Waals surface area contributed by atoms with Gasteiger partial charge in [0.05, 0.1) is 10.6 Å². The SMILES string of the molecule is CCCc1[nH]c(C(SCC)=C(C#N)C#N)cc1CC. The molecule has 0 bridgehead atoms. The Kier molecular flexibility index (Phi) is 6.25. The number of hydrogen-bond acceptors (Lipinski definition) is 3. The van der Waals surface area contributed by atoms with Crippen LogP contribution in [0.5, 0.6) is 0 Å². The minimum Gasteiger partial charge on any atom is -0.358 e. The van der Waals surface area contributed by atoms with Gasteiger partial charge >= 0.3 is 0 Å². The average molecular weight is 273 g/mol. The Hall–Kier alpha value is -1.65. The lowest BCUT2D eigenvalue weighted by Gasteiger charge is -2.03. The first-order valence-corrected chi connectivity index (χ1v) is 7.58. The van der Waals surface area contributed by atoms with Gasteiger partial charge in [-0.15, -0.1) is 11.8 Å². The summed E-state index contributed by atoms with van der Waals surface area (Å²) in [6.45, 7) is 6.29. The van der Waals surface area contributed by atoms with Crippen LogP contribution in [0.1, 0.15) is 44.1 Å². The fourth-order valence-corrected chi connectivity index (χ4v) is 2.80. The minimum atomic E-state index is 0.193. The predicted octanol–water partition coefficient (Wildman–Crippen LogP) is 4.04. The van der Waals surface area contributed by atoms with E-state index in [0.29, 0.717) is 0 Å². The second-order valence-electron chi connectivity index (χ2n) is 4.15. The summed E-state index contributed by atoms with van der Waals surface area (Å²) in [7, 11) is 0. The molecule has 100 valence electrons. The maximum atomic E-state index is 9.06. The Morgan fingerprint density at radius 3 is 2.42 bits per heavy atom. The summed E-state index contributed by atoms with van der Waals surface area (Å²) >= 11 is 1.54. The summed E-state index contributed by atoms with van der Waals surface area (Å²) in [4.78, 5) is 4.15. The lowest BCUT2D eigenvalue weighted by atomic mass is 10.1. The quantitative estimate of drug-likeness (QED) is 0.795. The van der Waals surface area contributed by atoms with E-state index in [-0.39, 0.29) is 5.57 Å². The Labute approximate surface area is 119 Å². The molecule has 0 aromatic carbocycles. The molecule has 1 aromatic rings. The zero-order valence-corrected chi connectivity index (χ0v) is 12.5. The van der Waals surface area contributed by atoms with Crippen LogP contribution in [-0.4, -0.2) is 10.7 Å². The summed E-state index contributed by atoms with van der Waals surface area (Å²) in [6.07, 6.45) is 3.04. The maximum Gasteiger partial charge on any atom is 0.145 e. The van der Waals surface area contributed by atoms with Crippen molar-refractivity contribution in [2.45, 2.75) is 40.0 Å². The number of rotatable bonds is 6. The van der Waals surface area contributed by atoms with E-state index in [1.165, 1.54) is 11.3 Å². The third-order valence-corrected chi connectivity index (χ3v) is 3.86. The number of nitrogens with one attached hydrogen (secondary N) is 1. The summed E-state index contributed by atoms with van der Waals surface area (Å²) in [6, 6.07) is 6.06. The van der Waals surface area contributed by atoms with E-state index in [0.717, 1.165) is 35.6 Å². The van der Waals surface area contributed by atoms with Crippen LogP contribution >= 0.6 is 11.8 Å². The first-order chi connectivity index (χ1) is 9.21. The van der Waals surface area contributed by atoms with Gasteiger partial charge in [-0.25, -0.2) is 0 Å². The van der Waals surface area contributed by atoms with Crippen molar-refractivity contribution in [3.05, 3.63) is 28.6 Å². The van der Waals surface area contributed by atoms with Gasteiger partial charge in [0, 0.05) is 5.69 Å². The Morgan fingerprint density at radius 1 is 1.26 bits per heavy atom. The molecule has 0 atom stereocenters. The number of hydrogen-bond donors (Lipinski definition) is 1. The topological polar surface area (TPSA) is 63.4 Å². The Morgan fingerprint density at radius 2 is 1.95 bits per heavy atom. The third-order valence-electron chi connectivity index (χ3n) is 2.86. The van der Waals surface area contributed by atoms with Crippen molar-refractivity contribution >= 4 is 16.7 Å². The van der Waals surface area contributed by atoms with Gasteiger partial charge in [0.15, 0.2) is 0 Å². The van der Waals surface area contributed by atoms with E-state index in [1.54, 1.807) is 11.8 Å². The number of nitrogens with zero attached hydrogens (tertiary/aromatic N) is 2. The zero-order chi connectivity index (χ0) is 14.3. The third kappa shape index (κ3) is 3.66. The molecule has 4 heteroatoms. The monoisotopic (exact) mass is 273 g/mol. The van der Waals surface area contributed by atoms with Crippen LogP contribution in [0.2, 0.25) is 0 Å². The van der Waals surface area contributed by atoms with E-state index >= 15 is 0 Å². The molecule has 1 heterocycles. The Bertz CT molecular complexity index is 525. The molecule has 1 rings (SSSR count). The fraction of sp³-hybridized carbons (Fsp3) is 0.467. The van der Waals surface area contributed by atoms with E-state index in [1.807, 2.05) is 19.1 Å². The molecule has 0 aliphatic heterocycles. The van der Waals surface area contributed by atoms with E-state index < -0.39 is 0 Å². The highest BCUT2D eigenvalue weighted by molar-refractivity contribution is 8.08. The number of aryl methyl sites for hydroxylation is 2. The second-order valence-corrected chi connectivity index (χ2v) is 5.43. The van der Waals surface area contributed by atoms with Gasteiger partial charge in [-0.05, 0) is 30.2 Å². The van der Waals surface area contributed by atoms with Gasteiger partial charge < -0.3 is 4.98 Å². The molecule has 19 heavy (non-hydrogen) atoms. The highest BCUT2D eigenvalue weighted by Crippen LogP contribution is 2.31. The smallest absolute Gasteiger partial charge is 0.145 e. The van der Waals surface area contributed by atoms with Crippen LogP contribution < -0.4 is 0 Å². The average Bonchev–Trinajstić information content (AvgIpc) is 2.82. The largest absolute Gasteiger partial charge is 0.358 e. The van der Waals surface area contributed by atoms with Gasteiger partial charge in [-0.3, -0.25) is 0 Å². The molecule has 0 radical (unpaired) electrons. The van der Waals surface area contributed by atoms with Crippen LogP contribution in [0, 0.1) is 22.7 Å². The first-order valence-electron chi connectivity index (χ1n) is 6.60. The molecule has 1 aromatic heterocycles. The second kappa shape index (κ2) is 7.71. The number of H-pyrrole nitrogens is 1. The number of aromatic amines is 1. The molecule has 0 saturated carbocycles. The van der Waals surface area contributed by atoms with Crippen molar-refractivity contribution < 1.29 is 0 Å². The van der Waals surface area contributed by atoms with Gasteiger partial charge in [0.2, 0.25) is 0 Å². The summed E-state index contributed by atoms with van der Waals surface area (Å²) in [5, 5.41) is 18.1. The summed E-state index contributed by atoms with van der Waals surface area (Å²) in [5.41, 5.74) is 3.61. The number of thioether (sulfide) groups is 1. The van der Waals surface area contributed by atoms with Crippen molar-refractivity contribution in [2.24, 2.45) is 0 Å². The van der Waals surface area contributed by atoms with Crippen LogP contribution in [0.3, 0.4) is 0 Å². The van der Waals surface area contributed by atoms with E-state index in [2.05, 4.69) is 24.9 Å². The van der Waals surface area contributed by atoms with E-state index in [9.17, 15) is 0 Å². The Balaban J connectivity index is 3.30. The standard InChI is InChI=1S/C15H19N3S/c1-4-7-13-11(5-2)8-14(18-13)15(19-6-3)12(9-16)10-17/h8,18H,4-7H2,1-3H3. The van der Waals surface area contributed by atoms with Crippen molar-refractivity contribution in [3.63, 3.8) is 0 Å². The number of allylic oxidation sites excluding steroid dienone is 1. The fourth-order valence-electron chi connectivity index (χ4n) is 2.01. The van der Waals surface area contributed by atoms with Crippen molar-refractivity contribution in [1.82, 2.24) is 4.98 Å². The number of nitriles is 2. The predicted molar refractivity (Wildman–Crippen MR) is 80.4 cm³/mol. The molecule has 3 nitrogen and oxygen atoms in total. The van der Waals surface area contributed by atoms with Crippen molar-refractivity contribution in [2.75, 3.05) is 5.75 Å². The highest BCUT2D eigenvalue weighted by atomic mass is 32.2. The van der Waals surface area contributed by atoms with Crippen molar-refractivity contribution in [3.8, 4) is 12.1 Å². The minimum absolute atomic E-state index is 0.193. The van der Waals surface area contributed by atoms with Crippen LogP contribution in [0.25, 0.3) is 4.91 Å². The molecular formula is C15H19N3S. The molecule has 0 spiro atoms. The number of aromatic nitrogens is 1. The van der Waals surface area contributed by atoms with Gasteiger partial charge in [0.25, 0.3) is 0 Å². The first kappa shape index (κ1) is 15.4. The maximum absolute atomic E-state index is 9.06.